The van der Waals surface area contributed by atoms with E-state index in [1.54, 1.807) is 30.5 Å². The van der Waals surface area contributed by atoms with Gasteiger partial charge in [0.1, 0.15) is 34.3 Å². The Bertz CT molecular complexity index is 1440. The minimum atomic E-state index is -0.722. The van der Waals surface area contributed by atoms with Crippen molar-refractivity contribution in [1.29, 1.82) is 0 Å². The molecule has 0 atom stereocenters. The second-order valence-corrected chi connectivity index (χ2v) is 9.52. The number of anilines is 3. The van der Waals surface area contributed by atoms with Gasteiger partial charge in [-0.3, -0.25) is 4.79 Å². The number of nitrogens with one attached hydrogen (secondary N) is 3. The van der Waals surface area contributed by atoms with Crippen LogP contribution in [-0.2, 0) is 0 Å². The van der Waals surface area contributed by atoms with E-state index in [9.17, 15) is 13.6 Å². The number of ether oxygens (including phenoxy) is 1. The quantitative estimate of drug-likeness (QED) is 0.292. The van der Waals surface area contributed by atoms with Gasteiger partial charge in [0, 0.05) is 36.1 Å². The lowest BCUT2D eigenvalue weighted by atomic mass is 10.1. The number of halogens is 3. The minimum absolute atomic E-state index is 0.0519. The Hall–Kier alpha value is -3.57. The lowest BCUT2D eigenvalue weighted by Crippen LogP contribution is -2.37. The molecule has 1 aliphatic heterocycles. The number of rotatable bonds is 6. The van der Waals surface area contributed by atoms with Crippen LogP contribution in [-0.4, -0.2) is 46.0 Å². The summed E-state index contributed by atoms with van der Waals surface area (Å²) in [6, 6.07) is 9.94. The average Bonchev–Trinajstić information content (AvgIpc) is 2.83. The summed E-state index contributed by atoms with van der Waals surface area (Å²) in [6.45, 7) is 1.97. The van der Waals surface area contributed by atoms with Crippen LogP contribution in [0.3, 0.4) is 0 Å². The molecule has 0 radical (unpaired) electrons. The van der Waals surface area contributed by atoms with Gasteiger partial charge in [0.25, 0.3) is 5.56 Å². The molecule has 0 saturated carbocycles. The van der Waals surface area contributed by atoms with E-state index >= 15 is 0 Å². The van der Waals surface area contributed by atoms with Gasteiger partial charge < -0.3 is 25.3 Å². The highest BCUT2D eigenvalue weighted by Crippen LogP contribution is 2.29. The number of H-pyrrole nitrogens is 1. The highest BCUT2D eigenvalue weighted by molar-refractivity contribution is 9.10. The largest absolute Gasteiger partial charge is 0.457 e. The number of nitrogens with zero attached hydrogens (tertiary/aromatic N) is 3. The molecule has 5 rings (SSSR count). The lowest BCUT2D eigenvalue weighted by molar-refractivity contribution is 0.263. The van der Waals surface area contributed by atoms with E-state index in [1.807, 2.05) is 0 Å². The molecule has 0 bridgehead atoms. The van der Waals surface area contributed by atoms with E-state index in [4.69, 9.17) is 4.74 Å². The summed E-state index contributed by atoms with van der Waals surface area (Å²) < 4.78 is 33.1. The molecule has 36 heavy (non-hydrogen) atoms. The molecule has 2 aromatic carbocycles. The smallest absolute Gasteiger partial charge is 0.261 e. The second-order valence-electron chi connectivity index (χ2n) is 8.66. The highest BCUT2D eigenvalue weighted by Gasteiger charge is 2.20. The molecule has 3 heterocycles. The normalized spacial score (nSPS) is 14.7. The molecule has 8 nitrogen and oxygen atoms in total. The monoisotopic (exact) mass is 556 g/mol. The summed E-state index contributed by atoms with van der Waals surface area (Å²) >= 11 is 3.48. The fourth-order valence-electron chi connectivity index (χ4n) is 4.08. The highest BCUT2D eigenvalue weighted by atomic mass is 79.9. The third-order valence-electron chi connectivity index (χ3n) is 5.93. The van der Waals surface area contributed by atoms with E-state index in [-0.39, 0.29) is 17.4 Å². The average molecular weight is 557 g/mol. The van der Waals surface area contributed by atoms with Crippen LogP contribution in [0.15, 0.2) is 57.9 Å². The molecule has 0 unspecified atom stereocenters. The van der Waals surface area contributed by atoms with Crippen molar-refractivity contribution in [3.05, 3.63) is 75.1 Å². The molecule has 0 spiro atoms. The van der Waals surface area contributed by atoms with Crippen LogP contribution in [0.2, 0.25) is 0 Å². The number of likely N-dealkylation sites (tertiary alicyclic amines) is 1. The van der Waals surface area contributed by atoms with Crippen molar-refractivity contribution < 1.29 is 13.5 Å². The Morgan fingerprint density at radius 3 is 2.44 bits per heavy atom. The van der Waals surface area contributed by atoms with Gasteiger partial charge in [-0.1, -0.05) is 0 Å². The number of pyridine rings is 1. The zero-order chi connectivity index (χ0) is 25.2. The van der Waals surface area contributed by atoms with E-state index < -0.39 is 11.6 Å². The molecule has 0 aliphatic carbocycles. The van der Waals surface area contributed by atoms with E-state index in [0.29, 0.717) is 38.6 Å². The molecule has 3 N–H and O–H groups in total. The summed E-state index contributed by atoms with van der Waals surface area (Å²) in [5, 5.41) is 6.92. The first-order chi connectivity index (χ1) is 17.3. The number of aromatic amines is 1. The number of hydrogen-bond donors (Lipinski definition) is 3. The van der Waals surface area contributed by atoms with Gasteiger partial charge in [0.05, 0.1) is 9.99 Å². The van der Waals surface area contributed by atoms with Gasteiger partial charge in [-0.05, 0) is 73.2 Å². The van der Waals surface area contributed by atoms with Crippen molar-refractivity contribution in [2.24, 2.45) is 0 Å². The Labute approximate surface area is 213 Å². The molecule has 1 aliphatic rings. The van der Waals surface area contributed by atoms with Crippen molar-refractivity contribution in [1.82, 2.24) is 19.9 Å². The first kappa shape index (κ1) is 24.1. The summed E-state index contributed by atoms with van der Waals surface area (Å²) in [7, 11) is 2.10. The van der Waals surface area contributed by atoms with Crippen LogP contribution in [0.4, 0.5) is 26.2 Å². The van der Waals surface area contributed by atoms with Crippen molar-refractivity contribution in [2.75, 3.05) is 30.8 Å². The fraction of sp³-hybridized carbons (Fsp3) is 0.240. The number of hydrogen-bond acceptors (Lipinski definition) is 7. The molecular formula is C25H23BrF2N6O2. The molecule has 2 aromatic heterocycles. The standard InChI is InChI=1S/C25H23BrF2N6O2/c1-34-8-6-17(7-9-34)31-25-32-22-20(26)13-29-24(35)21(22)23(33-25)30-16-2-4-18(5-3-16)36-19-11-14(27)10-15(28)12-19/h2-5,10-13,17H,6-9H2,1H3,(H,29,35)(H2,30,31,32,33). The molecular weight excluding hydrogens is 534 g/mol. The third-order valence-corrected chi connectivity index (χ3v) is 6.54. The van der Waals surface area contributed by atoms with Crippen LogP contribution in [0.1, 0.15) is 12.8 Å². The number of piperidine rings is 1. The maximum Gasteiger partial charge on any atom is 0.261 e. The van der Waals surface area contributed by atoms with Gasteiger partial charge in [0.2, 0.25) is 5.95 Å². The van der Waals surface area contributed by atoms with Crippen molar-refractivity contribution >= 4 is 44.3 Å². The Balaban J connectivity index is 1.42. The van der Waals surface area contributed by atoms with E-state index in [2.05, 4.69) is 53.5 Å². The number of benzene rings is 2. The fourth-order valence-corrected chi connectivity index (χ4v) is 4.48. The topological polar surface area (TPSA) is 95.2 Å². The molecule has 1 fully saturated rings. The number of fused-ring (bicyclic) bond motifs is 1. The summed E-state index contributed by atoms with van der Waals surface area (Å²) in [5.74, 6) is -0.225. The van der Waals surface area contributed by atoms with Crippen molar-refractivity contribution in [3.63, 3.8) is 0 Å². The predicted molar refractivity (Wildman–Crippen MR) is 138 cm³/mol. The van der Waals surface area contributed by atoms with E-state index in [0.717, 1.165) is 44.1 Å². The number of aromatic nitrogens is 3. The van der Waals surface area contributed by atoms with Gasteiger partial charge in [-0.25, -0.2) is 13.8 Å². The zero-order valence-corrected chi connectivity index (χ0v) is 20.9. The summed E-state index contributed by atoms with van der Waals surface area (Å²) in [5.41, 5.74) is 0.798. The Kier molecular flexibility index (Phi) is 6.84. The van der Waals surface area contributed by atoms with E-state index in [1.165, 1.54) is 0 Å². The van der Waals surface area contributed by atoms with Crippen LogP contribution >= 0.6 is 15.9 Å². The zero-order valence-electron chi connectivity index (χ0n) is 19.3. The first-order valence-corrected chi connectivity index (χ1v) is 12.2. The lowest BCUT2D eigenvalue weighted by Gasteiger charge is -2.29. The summed E-state index contributed by atoms with van der Waals surface area (Å²) in [4.78, 5) is 26.9. The van der Waals surface area contributed by atoms with Gasteiger partial charge in [0.15, 0.2) is 0 Å². The third kappa shape index (κ3) is 5.47. The van der Waals surface area contributed by atoms with Gasteiger partial charge >= 0.3 is 0 Å². The molecule has 1 saturated heterocycles. The van der Waals surface area contributed by atoms with Crippen molar-refractivity contribution in [2.45, 2.75) is 18.9 Å². The van der Waals surface area contributed by atoms with Crippen molar-refractivity contribution in [3.8, 4) is 11.5 Å². The van der Waals surface area contributed by atoms with Crippen LogP contribution in [0, 0.1) is 11.6 Å². The molecule has 11 heteroatoms. The first-order valence-electron chi connectivity index (χ1n) is 11.4. The minimum Gasteiger partial charge on any atom is -0.457 e. The van der Waals surface area contributed by atoms with Gasteiger partial charge in [-0.15, -0.1) is 0 Å². The molecule has 0 amide bonds. The second kappa shape index (κ2) is 10.2. The Morgan fingerprint density at radius 2 is 1.75 bits per heavy atom. The molecule has 4 aromatic rings. The predicted octanol–water partition coefficient (Wildman–Crippen LogP) is 5.40. The van der Waals surface area contributed by atoms with Crippen LogP contribution in [0.25, 0.3) is 10.9 Å². The van der Waals surface area contributed by atoms with Gasteiger partial charge in [-0.2, -0.15) is 4.98 Å². The SMILES string of the molecule is CN1CCC(Nc2nc(Nc3ccc(Oc4cc(F)cc(F)c4)cc3)c3c(=O)[nH]cc(Br)c3n2)CC1. The maximum absolute atomic E-state index is 13.4. The summed E-state index contributed by atoms with van der Waals surface area (Å²) in [6.07, 6.45) is 3.49. The molecule has 186 valence electrons. The van der Waals surface area contributed by atoms with Crippen LogP contribution in [0.5, 0.6) is 11.5 Å². The maximum atomic E-state index is 13.4. The van der Waals surface area contributed by atoms with Crippen LogP contribution < -0.4 is 20.9 Å². The Morgan fingerprint density at radius 1 is 1.06 bits per heavy atom.